The lowest BCUT2D eigenvalue weighted by Crippen LogP contribution is -2.54. The molecule has 0 bridgehead atoms. The third kappa shape index (κ3) is 3.27. The van der Waals surface area contributed by atoms with Gasteiger partial charge in [-0.1, -0.05) is 58.4 Å². The van der Waals surface area contributed by atoms with Crippen molar-refractivity contribution in [3.8, 4) is 0 Å². The van der Waals surface area contributed by atoms with Gasteiger partial charge in [-0.05, 0) is 104 Å². The zero-order valence-electron chi connectivity index (χ0n) is 21.6. The molecule has 3 heteroatoms. The number of carbonyl (C=O) groups excluding carboxylic acids is 1. The number of hydrogen-bond donors (Lipinski definition) is 1. The van der Waals surface area contributed by atoms with Gasteiger partial charge < -0.3 is 9.84 Å². The highest BCUT2D eigenvalue weighted by atomic mass is 16.5. The maximum atomic E-state index is 11.8. The number of esters is 1. The SMILES string of the molecule is C=C1[C@@H]([C@H](C)C[C@@H]2C=C(C)C(=O)O2)CC[C@@]2(C)C3=CC[C@H]4C(C)(C)[C@H](O)CC[C@]4(C)[C@@H]3C[C@@H]12. The van der Waals surface area contributed by atoms with Crippen LogP contribution in [0.3, 0.4) is 0 Å². The molecule has 4 aliphatic carbocycles. The van der Waals surface area contributed by atoms with Gasteiger partial charge in [0, 0.05) is 5.57 Å². The van der Waals surface area contributed by atoms with Crippen molar-refractivity contribution in [2.24, 2.45) is 45.8 Å². The smallest absolute Gasteiger partial charge is 0.334 e. The molecule has 0 amide bonds. The molecule has 0 spiro atoms. The van der Waals surface area contributed by atoms with Crippen molar-refractivity contribution in [3.63, 3.8) is 0 Å². The molecular weight excluding hydrogens is 408 g/mol. The second kappa shape index (κ2) is 7.57. The van der Waals surface area contributed by atoms with E-state index in [1.807, 2.05) is 13.0 Å². The van der Waals surface area contributed by atoms with E-state index in [4.69, 9.17) is 11.3 Å². The van der Waals surface area contributed by atoms with E-state index in [0.717, 1.165) is 31.3 Å². The second-order valence-corrected chi connectivity index (χ2v) is 13.3. The van der Waals surface area contributed by atoms with Crippen LogP contribution >= 0.6 is 0 Å². The molecule has 0 aromatic carbocycles. The fourth-order valence-electron chi connectivity index (χ4n) is 9.22. The van der Waals surface area contributed by atoms with Crippen LogP contribution in [0, 0.1) is 45.8 Å². The van der Waals surface area contributed by atoms with Gasteiger partial charge in [0.2, 0.25) is 0 Å². The van der Waals surface area contributed by atoms with Gasteiger partial charge in [0.25, 0.3) is 0 Å². The first-order valence-corrected chi connectivity index (χ1v) is 13.4. The molecule has 3 saturated carbocycles. The van der Waals surface area contributed by atoms with Crippen LogP contribution in [-0.4, -0.2) is 23.3 Å². The minimum absolute atomic E-state index is 0.0257. The van der Waals surface area contributed by atoms with E-state index in [1.165, 1.54) is 24.8 Å². The van der Waals surface area contributed by atoms with E-state index in [0.29, 0.717) is 29.6 Å². The Labute approximate surface area is 200 Å². The number of hydrogen-bond acceptors (Lipinski definition) is 3. The van der Waals surface area contributed by atoms with Crippen LogP contribution < -0.4 is 0 Å². The molecule has 1 aliphatic heterocycles. The second-order valence-electron chi connectivity index (χ2n) is 13.3. The van der Waals surface area contributed by atoms with Gasteiger partial charge in [0.05, 0.1) is 6.10 Å². The van der Waals surface area contributed by atoms with Crippen LogP contribution in [0.5, 0.6) is 0 Å². The molecule has 0 aromatic rings. The summed E-state index contributed by atoms with van der Waals surface area (Å²) in [5, 5.41) is 10.8. The molecule has 3 fully saturated rings. The minimum Gasteiger partial charge on any atom is -0.455 e. The zero-order chi connectivity index (χ0) is 23.9. The average Bonchev–Trinajstić information content (AvgIpc) is 3.22. The lowest BCUT2D eigenvalue weighted by molar-refractivity contribution is -0.140. The summed E-state index contributed by atoms with van der Waals surface area (Å²) >= 11 is 0. The molecule has 3 nitrogen and oxygen atoms in total. The van der Waals surface area contributed by atoms with Crippen molar-refractivity contribution in [1.29, 1.82) is 0 Å². The predicted octanol–water partition coefficient (Wildman–Crippen LogP) is 6.63. The lowest BCUT2D eigenvalue weighted by atomic mass is 9.47. The van der Waals surface area contributed by atoms with Gasteiger partial charge in [-0.25, -0.2) is 4.79 Å². The summed E-state index contributed by atoms with van der Waals surface area (Å²) in [5.41, 5.74) is 4.40. The van der Waals surface area contributed by atoms with Crippen LogP contribution in [0.2, 0.25) is 0 Å². The van der Waals surface area contributed by atoms with E-state index in [2.05, 4.69) is 40.7 Å². The molecule has 9 atom stereocenters. The Morgan fingerprint density at radius 1 is 1.18 bits per heavy atom. The third-order valence-electron chi connectivity index (χ3n) is 11.4. The highest BCUT2D eigenvalue weighted by Gasteiger charge is 2.62. The summed E-state index contributed by atoms with van der Waals surface area (Å²) < 4.78 is 5.56. The summed E-state index contributed by atoms with van der Waals surface area (Å²) in [6, 6.07) is 0. The van der Waals surface area contributed by atoms with Crippen molar-refractivity contribution in [2.75, 3.05) is 0 Å². The van der Waals surface area contributed by atoms with Gasteiger partial charge in [-0.15, -0.1) is 0 Å². The monoisotopic (exact) mass is 452 g/mol. The fourth-order valence-corrected chi connectivity index (χ4v) is 9.22. The van der Waals surface area contributed by atoms with Gasteiger partial charge in [-0.3, -0.25) is 0 Å². The Balaban J connectivity index is 1.38. The number of ether oxygens (including phenoxy) is 1. The first kappa shape index (κ1) is 23.4. The molecule has 1 heterocycles. The van der Waals surface area contributed by atoms with E-state index in [-0.39, 0.29) is 34.4 Å². The molecule has 5 aliphatic rings. The largest absolute Gasteiger partial charge is 0.455 e. The Hall–Kier alpha value is -1.35. The van der Waals surface area contributed by atoms with Crippen molar-refractivity contribution in [1.82, 2.24) is 0 Å². The molecule has 0 unspecified atom stereocenters. The van der Waals surface area contributed by atoms with E-state index in [9.17, 15) is 9.90 Å². The Morgan fingerprint density at radius 2 is 1.91 bits per heavy atom. The predicted molar refractivity (Wildman–Crippen MR) is 132 cm³/mol. The number of carbonyl (C=O) groups is 1. The Bertz CT molecular complexity index is 925. The van der Waals surface area contributed by atoms with Crippen molar-refractivity contribution < 1.29 is 14.6 Å². The summed E-state index contributed by atoms with van der Waals surface area (Å²) in [6.07, 6.45) is 12.1. The molecule has 1 N–H and O–H groups in total. The normalized spacial score (nSPS) is 47.1. The quantitative estimate of drug-likeness (QED) is 0.386. The Kier molecular flexibility index (Phi) is 5.37. The number of allylic oxidation sites excluding steroid dienone is 3. The summed E-state index contributed by atoms with van der Waals surface area (Å²) in [4.78, 5) is 11.8. The van der Waals surface area contributed by atoms with Crippen LogP contribution in [0.4, 0.5) is 0 Å². The van der Waals surface area contributed by atoms with Crippen molar-refractivity contribution in [2.45, 2.75) is 98.7 Å². The zero-order valence-corrected chi connectivity index (χ0v) is 21.6. The van der Waals surface area contributed by atoms with Crippen LogP contribution in [0.15, 0.2) is 35.5 Å². The average molecular weight is 453 g/mol. The molecule has 0 saturated heterocycles. The number of fused-ring (bicyclic) bond motifs is 5. The molecule has 33 heavy (non-hydrogen) atoms. The molecule has 5 rings (SSSR count). The first-order valence-electron chi connectivity index (χ1n) is 13.4. The molecule has 0 radical (unpaired) electrons. The van der Waals surface area contributed by atoms with Crippen molar-refractivity contribution in [3.05, 3.63) is 35.5 Å². The Morgan fingerprint density at radius 3 is 2.58 bits per heavy atom. The van der Waals surface area contributed by atoms with Gasteiger partial charge >= 0.3 is 5.97 Å². The standard InChI is InChI=1S/C30H44O3/c1-17(14-20-15-18(2)27(32)33-20)21-10-12-29(6)22-8-9-25-28(4,5)26(31)11-13-30(25,7)24(22)16-23(29)19(21)3/h8,15,17,20-21,23-26,31H,3,9-14,16H2,1-2,4-7H3/t17-,20-,21-,23+,24-,25+,26-,29+,30-/m1/s1. The maximum absolute atomic E-state index is 11.8. The molecule has 182 valence electrons. The van der Waals surface area contributed by atoms with Crippen molar-refractivity contribution >= 4 is 5.97 Å². The first-order chi connectivity index (χ1) is 15.4. The van der Waals surface area contributed by atoms with E-state index < -0.39 is 0 Å². The molecule has 0 aromatic heterocycles. The van der Waals surface area contributed by atoms with Crippen LogP contribution in [0.1, 0.15) is 86.5 Å². The van der Waals surface area contributed by atoms with Crippen LogP contribution in [0.25, 0.3) is 0 Å². The number of rotatable bonds is 3. The van der Waals surface area contributed by atoms with E-state index in [1.54, 1.807) is 5.57 Å². The molecular formula is C30H44O3. The summed E-state index contributed by atoms with van der Waals surface area (Å²) in [5.74, 6) is 2.52. The maximum Gasteiger partial charge on any atom is 0.334 e. The minimum atomic E-state index is -0.188. The highest BCUT2D eigenvalue weighted by molar-refractivity contribution is 5.90. The fraction of sp³-hybridized carbons (Fsp3) is 0.767. The number of aliphatic hydroxyl groups excluding tert-OH is 1. The topological polar surface area (TPSA) is 46.5 Å². The lowest BCUT2D eigenvalue weighted by Gasteiger charge is -2.58. The van der Waals surface area contributed by atoms with Gasteiger partial charge in [-0.2, -0.15) is 0 Å². The highest BCUT2D eigenvalue weighted by Crippen LogP contribution is 2.70. The summed E-state index contributed by atoms with van der Waals surface area (Å²) in [7, 11) is 0. The summed E-state index contributed by atoms with van der Waals surface area (Å²) in [6.45, 7) is 18.6. The van der Waals surface area contributed by atoms with Gasteiger partial charge in [0.1, 0.15) is 6.10 Å². The van der Waals surface area contributed by atoms with Crippen LogP contribution in [-0.2, 0) is 9.53 Å². The number of aliphatic hydroxyl groups is 1. The number of cyclic esters (lactones) is 1. The van der Waals surface area contributed by atoms with E-state index >= 15 is 0 Å². The van der Waals surface area contributed by atoms with Gasteiger partial charge in [0.15, 0.2) is 0 Å². The third-order valence-corrected chi connectivity index (χ3v) is 11.4.